The predicted octanol–water partition coefficient (Wildman–Crippen LogP) is 4.25. The van der Waals surface area contributed by atoms with Gasteiger partial charge in [0.05, 0.1) is 0 Å². The Morgan fingerprint density at radius 1 is 0.897 bits per heavy atom. The normalized spacial score (nSPS) is 11.8. The van der Waals surface area contributed by atoms with Crippen LogP contribution in [0.5, 0.6) is 28.7 Å². The molecule has 0 N–H and O–H groups in total. The van der Waals surface area contributed by atoms with Crippen molar-refractivity contribution in [2.24, 2.45) is 0 Å². The molecule has 6 nitrogen and oxygen atoms in total. The lowest BCUT2D eigenvalue weighted by molar-refractivity contribution is -0.132. The monoisotopic (exact) mass is 391 g/mol. The largest absolute Gasteiger partial charge is 0.484 e. The fraction of sp³-hybridized carbons (Fsp3) is 0.174. The number of hydrogen-bond acceptors (Lipinski definition) is 5. The molecule has 0 aliphatic carbocycles. The van der Waals surface area contributed by atoms with Gasteiger partial charge in [-0.1, -0.05) is 24.3 Å². The molecule has 1 aliphatic heterocycles. The molecule has 1 amide bonds. The molecule has 0 bridgehead atoms. The molecule has 29 heavy (non-hydrogen) atoms. The van der Waals surface area contributed by atoms with Gasteiger partial charge in [-0.3, -0.25) is 4.79 Å². The van der Waals surface area contributed by atoms with Gasteiger partial charge < -0.3 is 23.8 Å². The van der Waals surface area contributed by atoms with Crippen molar-refractivity contribution < 1.29 is 23.7 Å². The van der Waals surface area contributed by atoms with E-state index in [-0.39, 0.29) is 19.3 Å². The highest BCUT2D eigenvalue weighted by Gasteiger charge is 2.15. The minimum Gasteiger partial charge on any atom is -0.484 e. The van der Waals surface area contributed by atoms with Crippen molar-refractivity contribution in [1.29, 1.82) is 0 Å². The van der Waals surface area contributed by atoms with Crippen LogP contribution in [0.15, 0.2) is 72.8 Å². The van der Waals surface area contributed by atoms with Crippen LogP contribution in [0.25, 0.3) is 0 Å². The SMILES string of the molecule is CN(Cc1ccc2c(c1)OCO2)C(=O)COc1ccc(Oc2ccccc2)cc1. The zero-order valence-electron chi connectivity index (χ0n) is 16.0. The first-order valence-electron chi connectivity index (χ1n) is 9.26. The first kappa shape index (κ1) is 18.7. The highest BCUT2D eigenvalue weighted by atomic mass is 16.7. The lowest BCUT2D eigenvalue weighted by Gasteiger charge is -2.18. The zero-order chi connectivity index (χ0) is 20.1. The Kier molecular flexibility index (Phi) is 5.52. The summed E-state index contributed by atoms with van der Waals surface area (Å²) in [7, 11) is 1.74. The van der Waals surface area contributed by atoms with E-state index in [4.69, 9.17) is 18.9 Å². The summed E-state index contributed by atoms with van der Waals surface area (Å²) in [5.74, 6) is 3.39. The predicted molar refractivity (Wildman–Crippen MR) is 107 cm³/mol. The van der Waals surface area contributed by atoms with Crippen molar-refractivity contribution in [2.45, 2.75) is 6.54 Å². The number of hydrogen-bond donors (Lipinski definition) is 0. The Bertz CT molecular complexity index is 972. The van der Waals surface area contributed by atoms with E-state index in [0.29, 0.717) is 23.8 Å². The number of fused-ring (bicyclic) bond motifs is 1. The molecule has 0 spiro atoms. The second-order valence-corrected chi connectivity index (χ2v) is 6.61. The summed E-state index contributed by atoms with van der Waals surface area (Å²) in [6.45, 7) is 0.652. The summed E-state index contributed by atoms with van der Waals surface area (Å²) >= 11 is 0. The molecule has 0 aromatic heterocycles. The molecule has 0 saturated heterocycles. The van der Waals surface area contributed by atoms with Crippen molar-refractivity contribution >= 4 is 5.91 Å². The van der Waals surface area contributed by atoms with E-state index in [2.05, 4.69) is 0 Å². The van der Waals surface area contributed by atoms with Crippen molar-refractivity contribution in [3.05, 3.63) is 78.4 Å². The van der Waals surface area contributed by atoms with Crippen LogP contribution in [0.2, 0.25) is 0 Å². The lowest BCUT2D eigenvalue weighted by atomic mass is 10.2. The topological polar surface area (TPSA) is 57.2 Å². The van der Waals surface area contributed by atoms with Crippen molar-refractivity contribution in [2.75, 3.05) is 20.4 Å². The summed E-state index contributed by atoms with van der Waals surface area (Å²) in [5, 5.41) is 0. The van der Waals surface area contributed by atoms with Gasteiger partial charge in [0.2, 0.25) is 6.79 Å². The average Bonchev–Trinajstić information content (AvgIpc) is 3.21. The van der Waals surface area contributed by atoms with E-state index in [1.54, 1.807) is 24.1 Å². The number of benzene rings is 3. The standard InChI is InChI=1S/C23H21NO5/c1-24(14-17-7-12-21-22(13-17)28-16-27-21)23(25)15-26-18-8-10-20(11-9-18)29-19-5-3-2-4-6-19/h2-13H,14-16H2,1H3. The molecule has 4 rings (SSSR count). The molecule has 0 saturated carbocycles. The summed E-state index contributed by atoms with van der Waals surface area (Å²) in [4.78, 5) is 14.0. The zero-order valence-corrected chi connectivity index (χ0v) is 16.0. The van der Waals surface area contributed by atoms with E-state index in [1.165, 1.54) is 0 Å². The highest BCUT2D eigenvalue weighted by molar-refractivity contribution is 5.77. The summed E-state index contributed by atoms with van der Waals surface area (Å²) in [5.41, 5.74) is 0.965. The molecule has 0 atom stereocenters. The molecule has 148 valence electrons. The van der Waals surface area contributed by atoms with Crippen LogP contribution in [0, 0.1) is 0 Å². The van der Waals surface area contributed by atoms with Crippen LogP contribution < -0.4 is 18.9 Å². The number of rotatable bonds is 7. The van der Waals surface area contributed by atoms with Gasteiger partial charge in [0.15, 0.2) is 18.1 Å². The number of nitrogens with zero attached hydrogens (tertiary/aromatic N) is 1. The van der Waals surface area contributed by atoms with Crippen molar-refractivity contribution in [3.63, 3.8) is 0 Å². The van der Waals surface area contributed by atoms with E-state index in [1.807, 2.05) is 60.7 Å². The van der Waals surface area contributed by atoms with Crippen LogP contribution >= 0.6 is 0 Å². The second-order valence-electron chi connectivity index (χ2n) is 6.61. The molecule has 3 aromatic rings. The summed E-state index contributed by atoms with van der Waals surface area (Å²) < 4.78 is 22.0. The number of ether oxygens (including phenoxy) is 4. The third-order valence-corrected chi connectivity index (χ3v) is 4.45. The number of carbonyl (C=O) groups is 1. The molecule has 1 heterocycles. The minimum absolute atomic E-state index is 0.0417. The molecular weight excluding hydrogens is 370 g/mol. The Morgan fingerprint density at radius 3 is 2.38 bits per heavy atom. The summed E-state index contributed by atoms with van der Waals surface area (Å²) in [6.07, 6.45) is 0. The third-order valence-electron chi connectivity index (χ3n) is 4.45. The van der Waals surface area contributed by atoms with Crippen LogP contribution in [0.1, 0.15) is 5.56 Å². The van der Waals surface area contributed by atoms with Crippen molar-refractivity contribution in [1.82, 2.24) is 4.90 Å². The fourth-order valence-electron chi connectivity index (χ4n) is 2.89. The molecule has 1 aliphatic rings. The quantitative estimate of drug-likeness (QED) is 0.603. The van der Waals surface area contributed by atoms with Gasteiger partial charge >= 0.3 is 0 Å². The van der Waals surface area contributed by atoms with Crippen LogP contribution in [-0.4, -0.2) is 31.3 Å². The molecule has 0 fully saturated rings. The highest BCUT2D eigenvalue weighted by Crippen LogP contribution is 2.32. The average molecular weight is 391 g/mol. The van der Waals surface area contributed by atoms with E-state index in [9.17, 15) is 4.79 Å². The van der Waals surface area contributed by atoms with E-state index < -0.39 is 0 Å². The van der Waals surface area contributed by atoms with Gasteiger partial charge in [0, 0.05) is 13.6 Å². The van der Waals surface area contributed by atoms with Crippen LogP contribution in [-0.2, 0) is 11.3 Å². The third kappa shape index (κ3) is 4.79. The number of para-hydroxylation sites is 1. The number of amides is 1. The molecule has 0 radical (unpaired) electrons. The Labute approximate surface area is 169 Å². The molecule has 6 heteroatoms. The van der Waals surface area contributed by atoms with Gasteiger partial charge in [-0.2, -0.15) is 0 Å². The van der Waals surface area contributed by atoms with Crippen molar-refractivity contribution in [3.8, 4) is 28.7 Å². The van der Waals surface area contributed by atoms with Crippen LogP contribution in [0.4, 0.5) is 0 Å². The van der Waals surface area contributed by atoms with Gasteiger partial charge in [-0.25, -0.2) is 0 Å². The first-order valence-corrected chi connectivity index (χ1v) is 9.26. The maximum absolute atomic E-state index is 12.4. The maximum atomic E-state index is 12.4. The van der Waals surface area contributed by atoms with E-state index in [0.717, 1.165) is 17.1 Å². The molecule has 0 unspecified atom stereocenters. The summed E-state index contributed by atoms with van der Waals surface area (Å²) in [6, 6.07) is 22.4. The smallest absolute Gasteiger partial charge is 0.260 e. The van der Waals surface area contributed by atoms with Crippen LogP contribution in [0.3, 0.4) is 0 Å². The maximum Gasteiger partial charge on any atom is 0.260 e. The van der Waals surface area contributed by atoms with E-state index >= 15 is 0 Å². The van der Waals surface area contributed by atoms with Gasteiger partial charge in [-0.05, 0) is 54.1 Å². The molecular formula is C23H21NO5. The lowest BCUT2D eigenvalue weighted by Crippen LogP contribution is -2.30. The van der Waals surface area contributed by atoms with Gasteiger partial charge in [0.1, 0.15) is 17.2 Å². The molecule has 3 aromatic carbocycles. The van der Waals surface area contributed by atoms with Gasteiger partial charge in [0.25, 0.3) is 5.91 Å². The van der Waals surface area contributed by atoms with Gasteiger partial charge in [-0.15, -0.1) is 0 Å². The number of carbonyl (C=O) groups excluding carboxylic acids is 1. The second kappa shape index (κ2) is 8.56. The first-order chi connectivity index (χ1) is 14.2. The Balaban J connectivity index is 1.27. The minimum atomic E-state index is -0.118. The number of likely N-dealkylation sites (N-methyl/N-ethyl adjacent to an activating group) is 1. The Morgan fingerprint density at radius 2 is 1.59 bits per heavy atom. The fourth-order valence-corrected chi connectivity index (χ4v) is 2.89. The Hall–Kier alpha value is -3.67.